The summed E-state index contributed by atoms with van der Waals surface area (Å²) in [7, 11) is -3.69. The van der Waals surface area contributed by atoms with Crippen molar-refractivity contribution in [3.8, 4) is 0 Å². The fourth-order valence-corrected chi connectivity index (χ4v) is 4.10. The number of sulfonamides is 1. The first-order chi connectivity index (χ1) is 12.1. The average molecular weight is 412 g/mol. The van der Waals surface area contributed by atoms with Crippen molar-refractivity contribution in [2.45, 2.75) is 44.3 Å². The van der Waals surface area contributed by atoms with Crippen molar-refractivity contribution in [1.29, 1.82) is 0 Å². The number of carbonyl (C=O) groups is 1. The number of benzene rings is 2. The molecule has 0 atom stereocenters. The average Bonchev–Trinajstić information content (AvgIpc) is 2.58. The highest BCUT2D eigenvalue weighted by Crippen LogP contribution is 2.18. The summed E-state index contributed by atoms with van der Waals surface area (Å²) in [5.74, 6) is -0.274. The van der Waals surface area contributed by atoms with Gasteiger partial charge in [-0.05, 0) is 50.1 Å². The predicted molar refractivity (Wildman–Crippen MR) is 109 cm³/mol. The third-order valence-electron chi connectivity index (χ3n) is 3.59. The van der Waals surface area contributed by atoms with Crippen molar-refractivity contribution in [2.24, 2.45) is 5.73 Å². The molecule has 148 valence electrons. The first-order valence-electron chi connectivity index (χ1n) is 8.31. The Morgan fingerprint density at radius 2 is 1.63 bits per heavy atom. The Balaban J connectivity index is 0.00000364. The molecular weight excluding hydrogens is 386 g/mol. The second-order valence-corrected chi connectivity index (χ2v) is 8.70. The quantitative estimate of drug-likeness (QED) is 0.679. The number of rotatable bonds is 6. The molecule has 0 heterocycles. The summed E-state index contributed by atoms with van der Waals surface area (Å²) in [6.07, 6.45) is 0. The zero-order chi connectivity index (χ0) is 19.4. The number of hydrogen-bond donors (Lipinski definition) is 3. The van der Waals surface area contributed by atoms with E-state index < -0.39 is 15.6 Å². The molecule has 0 spiro atoms. The molecule has 0 unspecified atom stereocenters. The Bertz CT molecular complexity index is 876. The Morgan fingerprint density at radius 1 is 1.04 bits per heavy atom. The van der Waals surface area contributed by atoms with Gasteiger partial charge in [-0.1, -0.05) is 30.3 Å². The van der Waals surface area contributed by atoms with Gasteiger partial charge in [-0.15, -0.1) is 12.4 Å². The SMILES string of the molecule is CC(C)(C)NS(=O)(=O)c1ccccc1CNC(=O)c1ccc(CN)cc1.Cl. The molecule has 0 aliphatic rings. The summed E-state index contributed by atoms with van der Waals surface area (Å²) in [6, 6.07) is 13.6. The summed E-state index contributed by atoms with van der Waals surface area (Å²) in [4.78, 5) is 12.5. The standard InChI is InChI=1S/C19H25N3O3S.ClH/c1-19(2,3)22-26(24,25)17-7-5-4-6-16(17)13-21-18(23)15-10-8-14(12-20)9-11-15;/h4-11,22H,12-13,20H2,1-3H3,(H,21,23);1H. The Hall–Kier alpha value is -1.93. The van der Waals surface area contributed by atoms with Crippen LogP contribution in [-0.2, 0) is 23.1 Å². The predicted octanol–water partition coefficient (Wildman–Crippen LogP) is 2.57. The summed E-state index contributed by atoms with van der Waals surface area (Å²) < 4.78 is 27.9. The van der Waals surface area contributed by atoms with E-state index >= 15 is 0 Å². The molecule has 0 saturated carbocycles. The summed E-state index contributed by atoms with van der Waals surface area (Å²) in [5, 5.41) is 2.77. The van der Waals surface area contributed by atoms with E-state index in [1.807, 2.05) is 0 Å². The highest BCUT2D eigenvalue weighted by atomic mass is 35.5. The van der Waals surface area contributed by atoms with E-state index in [9.17, 15) is 13.2 Å². The lowest BCUT2D eigenvalue weighted by molar-refractivity contribution is 0.0950. The lowest BCUT2D eigenvalue weighted by Crippen LogP contribution is -2.41. The number of halogens is 1. The van der Waals surface area contributed by atoms with Crippen LogP contribution in [0, 0.1) is 0 Å². The maximum absolute atomic E-state index is 12.6. The van der Waals surface area contributed by atoms with E-state index in [4.69, 9.17) is 5.73 Å². The Kier molecular flexibility index (Phi) is 7.98. The monoisotopic (exact) mass is 411 g/mol. The van der Waals surface area contributed by atoms with Gasteiger partial charge in [-0.2, -0.15) is 0 Å². The van der Waals surface area contributed by atoms with E-state index in [0.717, 1.165) is 5.56 Å². The van der Waals surface area contributed by atoms with Gasteiger partial charge in [0.2, 0.25) is 10.0 Å². The first kappa shape index (κ1) is 23.1. The second kappa shape index (κ2) is 9.32. The topological polar surface area (TPSA) is 101 Å². The number of nitrogens with two attached hydrogens (primary N) is 1. The molecular formula is C19H26ClN3O3S. The summed E-state index contributed by atoms with van der Waals surface area (Å²) in [6.45, 7) is 5.85. The van der Waals surface area contributed by atoms with Crippen LogP contribution < -0.4 is 15.8 Å². The van der Waals surface area contributed by atoms with Crippen molar-refractivity contribution in [1.82, 2.24) is 10.0 Å². The number of nitrogens with one attached hydrogen (secondary N) is 2. The van der Waals surface area contributed by atoms with Crippen LogP contribution >= 0.6 is 12.4 Å². The molecule has 2 rings (SSSR count). The minimum Gasteiger partial charge on any atom is -0.348 e. The van der Waals surface area contributed by atoms with Crippen LogP contribution in [0.4, 0.5) is 0 Å². The van der Waals surface area contributed by atoms with E-state index in [-0.39, 0.29) is 29.8 Å². The number of carbonyl (C=O) groups excluding carboxylic acids is 1. The van der Waals surface area contributed by atoms with Crippen LogP contribution in [0.15, 0.2) is 53.4 Å². The molecule has 0 radical (unpaired) electrons. The zero-order valence-corrected chi connectivity index (χ0v) is 17.3. The molecule has 1 amide bonds. The van der Waals surface area contributed by atoms with Gasteiger partial charge in [0.25, 0.3) is 5.91 Å². The van der Waals surface area contributed by atoms with E-state index in [1.54, 1.807) is 63.2 Å². The van der Waals surface area contributed by atoms with Gasteiger partial charge in [-0.25, -0.2) is 13.1 Å². The highest BCUT2D eigenvalue weighted by Gasteiger charge is 2.24. The maximum Gasteiger partial charge on any atom is 0.251 e. The molecule has 4 N–H and O–H groups in total. The van der Waals surface area contributed by atoms with E-state index in [1.165, 1.54) is 6.07 Å². The summed E-state index contributed by atoms with van der Waals surface area (Å²) in [5.41, 5.74) is 6.91. The van der Waals surface area contributed by atoms with Crippen molar-refractivity contribution in [3.63, 3.8) is 0 Å². The maximum atomic E-state index is 12.6. The fraction of sp³-hybridized carbons (Fsp3) is 0.316. The van der Waals surface area contributed by atoms with Gasteiger partial charge < -0.3 is 11.1 Å². The zero-order valence-electron chi connectivity index (χ0n) is 15.7. The molecule has 0 bridgehead atoms. The number of amides is 1. The highest BCUT2D eigenvalue weighted by molar-refractivity contribution is 7.89. The molecule has 0 aliphatic heterocycles. The van der Waals surface area contributed by atoms with Crippen molar-refractivity contribution >= 4 is 28.3 Å². The van der Waals surface area contributed by atoms with E-state index in [2.05, 4.69) is 10.0 Å². The van der Waals surface area contributed by atoms with Crippen LogP contribution in [0.2, 0.25) is 0 Å². The van der Waals surface area contributed by atoms with Crippen LogP contribution in [0.3, 0.4) is 0 Å². The van der Waals surface area contributed by atoms with Crippen LogP contribution in [0.5, 0.6) is 0 Å². The van der Waals surface area contributed by atoms with Gasteiger partial charge in [0.1, 0.15) is 0 Å². The van der Waals surface area contributed by atoms with Gasteiger partial charge in [0.05, 0.1) is 4.90 Å². The first-order valence-corrected chi connectivity index (χ1v) is 9.80. The molecule has 27 heavy (non-hydrogen) atoms. The normalized spacial score (nSPS) is 11.6. The smallest absolute Gasteiger partial charge is 0.251 e. The molecule has 0 aliphatic carbocycles. The lowest BCUT2D eigenvalue weighted by atomic mass is 10.1. The van der Waals surface area contributed by atoms with Gasteiger partial charge in [0.15, 0.2) is 0 Å². The van der Waals surface area contributed by atoms with Gasteiger partial charge >= 0.3 is 0 Å². The van der Waals surface area contributed by atoms with Crippen molar-refractivity contribution in [3.05, 3.63) is 65.2 Å². The van der Waals surface area contributed by atoms with Crippen LogP contribution in [0.1, 0.15) is 42.3 Å². The molecule has 2 aromatic rings. The van der Waals surface area contributed by atoms with Crippen LogP contribution in [0.25, 0.3) is 0 Å². The lowest BCUT2D eigenvalue weighted by Gasteiger charge is -2.21. The van der Waals surface area contributed by atoms with Crippen molar-refractivity contribution in [2.75, 3.05) is 0 Å². The largest absolute Gasteiger partial charge is 0.348 e. The molecule has 2 aromatic carbocycles. The second-order valence-electron chi connectivity index (χ2n) is 7.05. The molecule has 6 nitrogen and oxygen atoms in total. The van der Waals surface area contributed by atoms with E-state index in [0.29, 0.717) is 17.7 Å². The molecule has 0 saturated heterocycles. The summed E-state index contributed by atoms with van der Waals surface area (Å²) >= 11 is 0. The van der Waals surface area contributed by atoms with Gasteiger partial charge in [0, 0.05) is 24.2 Å². The van der Waals surface area contributed by atoms with Crippen molar-refractivity contribution < 1.29 is 13.2 Å². The number of hydrogen-bond acceptors (Lipinski definition) is 4. The third kappa shape index (κ3) is 6.62. The molecule has 8 heteroatoms. The molecule has 0 fully saturated rings. The Morgan fingerprint density at radius 3 is 2.19 bits per heavy atom. The molecule has 0 aromatic heterocycles. The van der Waals surface area contributed by atoms with Crippen LogP contribution in [-0.4, -0.2) is 19.9 Å². The van der Waals surface area contributed by atoms with Gasteiger partial charge in [-0.3, -0.25) is 4.79 Å². The minimum absolute atomic E-state index is 0. The Labute approximate surface area is 167 Å². The fourth-order valence-electron chi connectivity index (χ4n) is 2.44. The minimum atomic E-state index is -3.69. The third-order valence-corrected chi connectivity index (χ3v) is 5.45.